The van der Waals surface area contributed by atoms with E-state index in [2.05, 4.69) is 5.32 Å². The maximum atomic E-state index is 12.4. The van der Waals surface area contributed by atoms with Crippen LogP contribution in [-0.2, 0) is 0 Å². The van der Waals surface area contributed by atoms with E-state index in [-0.39, 0.29) is 5.78 Å². The van der Waals surface area contributed by atoms with E-state index >= 15 is 0 Å². The van der Waals surface area contributed by atoms with Gasteiger partial charge in [-0.05, 0) is 24.3 Å². The molecule has 2 rings (SSSR count). The van der Waals surface area contributed by atoms with Gasteiger partial charge in [-0.2, -0.15) is 0 Å². The molecule has 0 amide bonds. The lowest BCUT2D eigenvalue weighted by atomic mass is 10.1. The van der Waals surface area contributed by atoms with Gasteiger partial charge in [-0.1, -0.05) is 18.2 Å². The van der Waals surface area contributed by atoms with Crippen molar-refractivity contribution in [2.24, 2.45) is 0 Å². The third-order valence-electron chi connectivity index (χ3n) is 3.44. The molecule has 0 aliphatic carbocycles. The van der Waals surface area contributed by atoms with Gasteiger partial charge in [0.2, 0.25) is 5.75 Å². The van der Waals surface area contributed by atoms with E-state index in [1.54, 1.807) is 12.1 Å². The number of benzene rings is 2. The largest absolute Gasteiger partial charge is 0.493 e. The monoisotopic (exact) mass is 315 g/mol. The number of methoxy groups -OCH3 is 3. The van der Waals surface area contributed by atoms with E-state index in [0.29, 0.717) is 35.8 Å². The van der Waals surface area contributed by atoms with E-state index in [0.717, 1.165) is 5.69 Å². The van der Waals surface area contributed by atoms with Gasteiger partial charge in [0, 0.05) is 24.2 Å². The average molecular weight is 315 g/mol. The van der Waals surface area contributed by atoms with Crippen molar-refractivity contribution in [1.29, 1.82) is 0 Å². The first-order chi connectivity index (χ1) is 11.2. The molecule has 0 fully saturated rings. The highest BCUT2D eigenvalue weighted by Crippen LogP contribution is 2.38. The zero-order valence-corrected chi connectivity index (χ0v) is 13.6. The van der Waals surface area contributed by atoms with Crippen molar-refractivity contribution in [2.45, 2.75) is 6.42 Å². The van der Waals surface area contributed by atoms with Crippen LogP contribution in [0.4, 0.5) is 5.69 Å². The highest BCUT2D eigenvalue weighted by molar-refractivity contribution is 5.97. The number of para-hydroxylation sites is 1. The Morgan fingerprint density at radius 3 is 2.09 bits per heavy atom. The van der Waals surface area contributed by atoms with E-state index in [9.17, 15) is 4.79 Å². The number of anilines is 1. The van der Waals surface area contributed by atoms with Crippen molar-refractivity contribution >= 4 is 11.5 Å². The van der Waals surface area contributed by atoms with Crippen LogP contribution in [0.5, 0.6) is 17.2 Å². The van der Waals surface area contributed by atoms with Crippen LogP contribution >= 0.6 is 0 Å². The van der Waals surface area contributed by atoms with E-state index in [4.69, 9.17) is 14.2 Å². The van der Waals surface area contributed by atoms with Crippen molar-refractivity contribution < 1.29 is 19.0 Å². The maximum absolute atomic E-state index is 12.4. The Bertz CT molecular complexity index is 630. The lowest BCUT2D eigenvalue weighted by molar-refractivity contribution is 0.0985. The first kappa shape index (κ1) is 16.7. The fraction of sp³-hybridized carbons (Fsp3) is 0.278. The van der Waals surface area contributed by atoms with Crippen molar-refractivity contribution in [3.05, 3.63) is 48.0 Å². The molecule has 2 aromatic carbocycles. The second kappa shape index (κ2) is 8.08. The molecular weight excluding hydrogens is 294 g/mol. The third kappa shape index (κ3) is 4.16. The summed E-state index contributed by atoms with van der Waals surface area (Å²) in [6, 6.07) is 13.1. The predicted octanol–water partition coefficient (Wildman–Crippen LogP) is 3.40. The molecule has 23 heavy (non-hydrogen) atoms. The van der Waals surface area contributed by atoms with Gasteiger partial charge in [-0.15, -0.1) is 0 Å². The average Bonchev–Trinajstić information content (AvgIpc) is 2.61. The Morgan fingerprint density at radius 1 is 0.957 bits per heavy atom. The zero-order chi connectivity index (χ0) is 16.7. The summed E-state index contributed by atoms with van der Waals surface area (Å²) in [5, 5.41) is 3.22. The van der Waals surface area contributed by atoms with Gasteiger partial charge in [0.15, 0.2) is 17.3 Å². The van der Waals surface area contributed by atoms with Crippen LogP contribution in [0.3, 0.4) is 0 Å². The molecule has 2 aromatic rings. The number of carbonyl (C=O) groups excluding carboxylic acids is 1. The SMILES string of the molecule is COc1cc(C(=O)CCNc2ccccc2)cc(OC)c1OC. The van der Waals surface area contributed by atoms with Gasteiger partial charge in [0.1, 0.15) is 0 Å². The molecule has 5 nitrogen and oxygen atoms in total. The Kier molecular flexibility index (Phi) is 5.86. The molecule has 5 heteroatoms. The minimum atomic E-state index is 0.00711. The predicted molar refractivity (Wildman–Crippen MR) is 90.0 cm³/mol. The summed E-state index contributed by atoms with van der Waals surface area (Å²) >= 11 is 0. The molecule has 122 valence electrons. The quantitative estimate of drug-likeness (QED) is 0.757. The number of hydrogen-bond donors (Lipinski definition) is 1. The Morgan fingerprint density at radius 2 is 1.57 bits per heavy atom. The topological polar surface area (TPSA) is 56.8 Å². The van der Waals surface area contributed by atoms with Gasteiger partial charge >= 0.3 is 0 Å². The van der Waals surface area contributed by atoms with Crippen molar-refractivity contribution in [3.8, 4) is 17.2 Å². The van der Waals surface area contributed by atoms with Gasteiger partial charge in [-0.3, -0.25) is 4.79 Å². The first-order valence-corrected chi connectivity index (χ1v) is 7.31. The molecule has 0 aromatic heterocycles. The van der Waals surface area contributed by atoms with E-state index in [1.807, 2.05) is 30.3 Å². The summed E-state index contributed by atoms with van der Waals surface area (Å²) in [6.45, 7) is 0.555. The second-order valence-corrected chi connectivity index (χ2v) is 4.88. The molecule has 0 spiro atoms. The van der Waals surface area contributed by atoms with Gasteiger partial charge in [0.05, 0.1) is 21.3 Å². The van der Waals surface area contributed by atoms with Crippen molar-refractivity contribution in [2.75, 3.05) is 33.2 Å². The minimum absolute atomic E-state index is 0.00711. The van der Waals surface area contributed by atoms with E-state index in [1.165, 1.54) is 21.3 Å². The Balaban J connectivity index is 2.07. The van der Waals surface area contributed by atoms with Crippen LogP contribution in [0.2, 0.25) is 0 Å². The summed E-state index contributed by atoms with van der Waals surface area (Å²) in [7, 11) is 4.59. The van der Waals surface area contributed by atoms with Crippen LogP contribution < -0.4 is 19.5 Å². The third-order valence-corrected chi connectivity index (χ3v) is 3.44. The van der Waals surface area contributed by atoms with E-state index < -0.39 is 0 Å². The molecule has 0 saturated carbocycles. The molecule has 0 aliphatic heterocycles. The molecule has 0 saturated heterocycles. The van der Waals surface area contributed by atoms with Gasteiger partial charge in [-0.25, -0.2) is 0 Å². The first-order valence-electron chi connectivity index (χ1n) is 7.31. The standard InChI is InChI=1S/C18H21NO4/c1-21-16-11-13(12-17(22-2)18(16)23-3)15(20)9-10-19-14-7-5-4-6-8-14/h4-8,11-12,19H,9-10H2,1-3H3. The summed E-state index contributed by atoms with van der Waals surface area (Å²) < 4.78 is 15.8. The van der Waals surface area contributed by atoms with Crippen LogP contribution in [0.25, 0.3) is 0 Å². The fourth-order valence-corrected chi connectivity index (χ4v) is 2.26. The molecule has 0 heterocycles. The number of ether oxygens (including phenoxy) is 3. The number of rotatable bonds is 8. The number of Topliss-reactive ketones (excluding diaryl/α,β-unsaturated/α-hetero) is 1. The molecule has 0 radical (unpaired) electrons. The molecule has 0 aliphatic rings. The maximum Gasteiger partial charge on any atom is 0.203 e. The van der Waals surface area contributed by atoms with Crippen LogP contribution in [0.1, 0.15) is 16.8 Å². The fourth-order valence-electron chi connectivity index (χ4n) is 2.26. The molecule has 1 N–H and O–H groups in total. The smallest absolute Gasteiger partial charge is 0.203 e. The summed E-state index contributed by atoms with van der Waals surface area (Å²) in [5.74, 6) is 1.44. The van der Waals surface area contributed by atoms with Crippen LogP contribution in [0.15, 0.2) is 42.5 Å². The molecule has 0 unspecified atom stereocenters. The highest BCUT2D eigenvalue weighted by atomic mass is 16.5. The van der Waals surface area contributed by atoms with Crippen molar-refractivity contribution in [1.82, 2.24) is 0 Å². The van der Waals surface area contributed by atoms with Crippen molar-refractivity contribution in [3.63, 3.8) is 0 Å². The normalized spacial score (nSPS) is 10.0. The zero-order valence-electron chi connectivity index (χ0n) is 13.6. The van der Waals surface area contributed by atoms with Crippen LogP contribution in [-0.4, -0.2) is 33.7 Å². The number of ketones is 1. The summed E-state index contributed by atoms with van der Waals surface area (Å²) in [4.78, 5) is 12.4. The molecule has 0 bridgehead atoms. The van der Waals surface area contributed by atoms with Gasteiger partial charge < -0.3 is 19.5 Å². The Hall–Kier alpha value is -2.69. The lowest BCUT2D eigenvalue weighted by Gasteiger charge is -2.14. The minimum Gasteiger partial charge on any atom is -0.493 e. The number of carbonyl (C=O) groups is 1. The second-order valence-electron chi connectivity index (χ2n) is 4.88. The van der Waals surface area contributed by atoms with Crippen LogP contribution in [0, 0.1) is 0 Å². The lowest BCUT2D eigenvalue weighted by Crippen LogP contribution is -2.09. The summed E-state index contributed by atoms with van der Waals surface area (Å²) in [6.07, 6.45) is 0.369. The molecule has 0 atom stereocenters. The van der Waals surface area contributed by atoms with Gasteiger partial charge in [0.25, 0.3) is 0 Å². The highest BCUT2D eigenvalue weighted by Gasteiger charge is 2.16. The molecular formula is C18H21NO4. The summed E-state index contributed by atoms with van der Waals surface area (Å²) in [5.41, 5.74) is 1.53. The Labute approximate surface area is 136 Å². The number of hydrogen-bond acceptors (Lipinski definition) is 5. The number of nitrogens with one attached hydrogen (secondary N) is 1.